The average Bonchev–Trinajstić information content (AvgIpc) is 2.62. The van der Waals surface area contributed by atoms with Gasteiger partial charge >= 0.3 is 5.97 Å². The van der Waals surface area contributed by atoms with E-state index in [1.54, 1.807) is 0 Å². The predicted octanol–water partition coefficient (Wildman–Crippen LogP) is 3.26. The highest BCUT2D eigenvalue weighted by Crippen LogP contribution is 2.66. The van der Waals surface area contributed by atoms with Crippen molar-refractivity contribution in [2.45, 2.75) is 78.4 Å². The molecule has 4 unspecified atom stereocenters. The van der Waals surface area contributed by atoms with E-state index in [1.165, 1.54) is 12.8 Å². The number of carbonyl (C=O) groups is 1. The lowest BCUT2D eigenvalue weighted by atomic mass is 9.70. The first-order valence-electron chi connectivity index (χ1n) is 7.76. The molecule has 2 aliphatic carbocycles. The minimum Gasteiger partial charge on any atom is -0.462 e. The summed E-state index contributed by atoms with van der Waals surface area (Å²) < 4.78 is 5.78. The molecule has 0 aliphatic heterocycles. The van der Waals surface area contributed by atoms with Crippen molar-refractivity contribution in [3.8, 4) is 0 Å². The molecular formula is C16H29NO2. The molecule has 0 spiro atoms. The van der Waals surface area contributed by atoms with Crippen LogP contribution >= 0.6 is 0 Å². The SMILES string of the molecule is CCCC(N)CC(=O)OC1CC2CCC1(C)C2(C)C. The monoisotopic (exact) mass is 267 g/mol. The van der Waals surface area contributed by atoms with E-state index in [0.29, 0.717) is 17.8 Å². The van der Waals surface area contributed by atoms with Gasteiger partial charge in [0.05, 0.1) is 6.42 Å². The summed E-state index contributed by atoms with van der Waals surface area (Å²) in [6.45, 7) is 9.05. The highest BCUT2D eigenvalue weighted by molar-refractivity contribution is 5.70. The summed E-state index contributed by atoms with van der Waals surface area (Å²) >= 11 is 0. The van der Waals surface area contributed by atoms with Crippen molar-refractivity contribution >= 4 is 5.97 Å². The smallest absolute Gasteiger partial charge is 0.307 e. The Bertz CT molecular complexity index is 353. The van der Waals surface area contributed by atoms with Crippen molar-refractivity contribution in [2.75, 3.05) is 0 Å². The van der Waals surface area contributed by atoms with Crippen LogP contribution in [0.5, 0.6) is 0 Å². The highest BCUT2D eigenvalue weighted by atomic mass is 16.5. The summed E-state index contributed by atoms with van der Waals surface area (Å²) in [7, 11) is 0. The second-order valence-electron chi connectivity index (χ2n) is 7.34. The van der Waals surface area contributed by atoms with Crippen LogP contribution < -0.4 is 5.73 Å². The van der Waals surface area contributed by atoms with Crippen molar-refractivity contribution in [1.82, 2.24) is 0 Å². The van der Waals surface area contributed by atoms with Crippen LogP contribution in [-0.2, 0) is 9.53 Å². The first kappa shape index (κ1) is 14.8. The van der Waals surface area contributed by atoms with Crippen molar-refractivity contribution < 1.29 is 9.53 Å². The van der Waals surface area contributed by atoms with Crippen LogP contribution in [-0.4, -0.2) is 18.1 Å². The zero-order valence-electron chi connectivity index (χ0n) is 12.9. The van der Waals surface area contributed by atoms with Crippen LogP contribution in [0, 0.1) is 16.7 Å². The number of hydrogen-bond acceptors (Lipinski definition) is 3. The molecule has 2 saturated carbocycles. The number of rotatable bonds is 5. The fraction of sp³-hybridized carbons (Fsp3) is 0.938. The Hall–Kier alpha value is -0.570. The van der Waals surface area contributed by atoms with E-state index in [0.717, 1.165) is 19.3 Å². The summed E-state index contributed by atoms with van der Waals surface area (Å²) in [6.07, 6.45) is 5.89. The molecule has 0 radical (unpaired) electrons. The van der Waals surface area contributed by atoms with Crippen LogP contribution in [0.25, 0.3) is 0 Å². The topological polar surface area (TPSA) is 52.3 Å². The number of nitrogens with two attached hydrogens (primary N) is 1. The number of esters is 1. The molecule has 3 heteroatoms. The number of fused-ring (bicyclic) bond motifs is 2. The fourth-order valence-electron chi connectivity index (χ4n) is 4.20. The average molecular weight is 267 g/mol. The Morgan fingerprint density at radius 1 is 1.42 bits per heavy atom. The molecule has 2 N–H and O–H groups in total. The molecule has 0 aromatic rings. The van der Waals surface area contributed by atoms with E-state index in [4.69, 9.17) is 10.5 Å². The summed E-state index contributed by atoms with van der Waals surface area (Å²) in [5.74, 6) is 0.607. The molecule has 2 bridgehead atoms. The van der Waals surface area contributed by atoms with E-state index in [9.17, 15) is 4.79 Å². The molecule has 2 rings (SSSR count). The third kappa shape index (κ3) is 2.42. The molecule has 4 atom stereocenters. The van der Waals surface area contributed by atoms with Gasteiger partial charge in [0.25, 0.3) is 0 Å². The maximum absolute atomic E-state index is 12.0. The van der Waals surface area contributed by atoms with Crippen LogP contribution in [0.3, 0.4) is 0 Å². The lowest BCUT2D eigenvalue weighted by molar-refractivity contribution is -0.157. The highest BCUT2D eigenvalue weighted by Gasteiger charge is 2.62. The van der Waals surface area contributed by atoms with Gasteiger partial charge in [-0.1, -0.05) is 34.1 Å². The quantitative estimate of drug-likeness (QED) is 0.778. The molecule has 0 saturated heterocycles. The molecular weight excluding hydrogens is 238 g/mol. The third-order valence-corrected chi connectivity index (χ3v) is 6.08. The van der Waals surface area contributed by atoms with Crippen LogP contribution in [0.15, 0.2) is 0 Å². The zero-order valence-corrected chi connectivity index (χ0v) is 12.9. The van der Waals surface area contributed by atoms with E-state index in [-0.39, 0.29) is 23.5 Å². The van der Waals surface area contributed by atoms with Crippen LogP contribution in [0.2, 0.25) is 0 Å². The van der Waals surface area contributed by atoms with Gasteiger partial charge in [0, 0.05) is 11.5 Å². The van der Waals surface area contributed by atoms with Crippen molar-refractivity contribution in [3.05, 3.63) is 0 Å². The molecule has 0 aromatic carbocycles. The molecule has 2 fully saturated rings. The van der Waals surface area contributed by atoms with Gasteiger partial charge in [0.15, 0.2) is 0 Å². The van der Waals surface area contributed by atoms with Crippen molar-refractivity contribution in [2.24, 2.45) is 22.5 Å². The number of hydrogen-bond donors (Lipinski definition) is 1. The minimum absolute atomic E-state index is 0.0445. The minimum atomic E-state index is -0.101. The molecule has 0 aromatic heterocycles. The normalized spacial score (nSPS) is 37.3. The first-order valence-corrected chi connectivity index (χ1v) is 7.76. The molecule has 0 heterocycles. The Morgan fingerprint density at radius 3 is 2.58 bits per heavy atom. The standard InChI is InChI=1S/C16H29NO2/c1-5-6-12(17)10-14(18)19-13-9-11-7-8-16(13,4)15(11,2)3/h11-13H,5-10,17H2,1-4H3. The van der Waals surface area contributed by atoms with Gasteiger partial charge in [0.2, 0.25) is 0 Å². The van der Waals surface area contributed by atoms with E-state index in [1.807, 2.05) is 0 Å². The van der Waals surface area contributed by atoms with Gasteiger partial charge in [-0.25, -0.2) is 0 Å². The number of carbonyl (C=O) groups excluding carboxylic acids is 1. The maximum atomic E-state index is 12.0. The Labute approximate surface area is 117 Å². The lowest BCUT2D eigenvalue weighted by Crippen LogP contribution is -2.39. The predicted molar refractivity (Wildman–Crippen MR) is 76.6 cm³/mol. The fourth-order valence-corrected chi connectivity index (χ4v) is 4.20. The Kier molecular flexibility index (Phi) is 3.97. The van der Waals surface area contributed by atoms with Gasteiger partial charge < -0.3 is 10.5 Å². The van der Waals surface area contributed by atoms with Crippen molar-refractivity contribution in [1.29, 1.82) is 0 Å². The van der Waals surface area contributed by atoms with E-state index < -0.39 is 0 Å². The summed E-state index contributed by atoms with van der Waals surface area (Å²) in [5.41, 5.74) is 6.37. The second kappa shape index (κ2) is 5.08. The molecule has 3 nitrogen and oxygen atoms in total. The van der Waals surface area contributed by atoms with E-state index >= 15 is 0 Å². The van der Waals surface area contributed by atoms with E-state index in [2.05, 4.69) is 27.7 Å². The molecule has 19 heavy (non-hydrogen) atoms. The molecule has 2 aliphatic rings. The first-order chi connectivity index (χ1) is 8.81. The zero-order chi connectivity index (χ0) is 14.3. The van der Waals surface area contributed by atoms with Gasteiger partial charge in [-0.2, -0.15) is 0 Å². The second-order valence-corrected chi connectivity index (χ2v) is 7.34. The summed E-state index contributed by atoms with van der Waals surface area (Å²) in [6, 6.07) is -0.0445. The summed E-state index contributed by atoms with van der Waals surface area (Å²) in [5, 5.41) is 0. The summed E-state index contributed by atoms with van der Waals surface area (Å²) in [4.78, 5) is 12.0. The van der Waals surface area contributed by atoms with Gasteiger partial charge in [-0.15, -0.1) is 0 Å². The Morgan fingerprint density at radius 2 is 2.11 bits per heavy atom. The number of ether oxygens (including phenoxy) is 1. The third-order valence-electron chi connectivity index (χ3n) is 6.08. The van der Waals surface area contributed by atoms with Gasteiger partial charge in [0.1, 0.15) is 6.10 Å². The molecule has 0 amide bonds. The maximum Gasteiger partial charge on any atom is 0.307 e. The largest absolute Gasteiger partial charge is 0.462 e. The molecule has 110 valence electrons. The van der Waals surface area contributed by atoms with Gasteiger partial charge in [-0.3, -0.25) is 4.79 Å². The van der Waals surface area contributed by atoms with Crippen molar-refractivity contribution in [3.63, 3.8) is 0 Å². The lowest BCUT2D eigenvalue weighted by Gasteiger charge is -2.38. The van der Waals surface area contributed by atoms with Crippen LogP contribution in [0.4, 0.5) is 0 Å². The Balaban J connectivity index is 1.93. The van der Waals surface area contributed by atoms with Crippen LogP contribution in [0.1, 0.15) is 66.2 Å². The van der Waals surface area contributed by atoms with Gasteiger partial charge in [-0.05, 0) is 37.0 Å².